The number of nitrogens with two attached hydrogens (primary N) is 1. The van der Waals surface area contributed by atoms with E-state index >= 15 is 0 Å². The molecule has 0 aliphatic carbocycles. The lowest BCUT2D eigenvalue weighted by atomic mass is 10.1. The molecular weight excluding hydrogens is 314 g/mol. The van der Waals surface area contributed by atoms with Gasteiger partial charge in [-0.3, -0.25) is 0 Å². The van der Waals surface area contributed by atoms with Gasteiger partial charge in [0.25, 0.3) is 0 Å². The summed E-state index contributed by atoms with van der Waals surface area (Å²) in [6, 6.07) is 13.8. The number of piperidine rings is 1. The quantitative estimate of drug-likeness (QED) is 0.680. The molecule has 0 bridgehead atoms. The number of fused-ring (bicyclic) bond motifs is 1. The van der Waals surface area contributed by atoms with Crippen molar-refractivity contribution < 1.29 is 0 Å². The number of H-pyrrole nitrogens is 1. The Labute approximate surface area is 145 Å². The van der Waals surface area contributed by atoms with Crippen molar-refractivity contribution in [2.24, 2.45) is 0 Å². The molecular formula is C18H19N7. The van der Waals surface area contributed by atoms with Crippen LogP contribution < -0.4 is 16.0 Å². The van der Waals surface area contributed by atoms with Crippen LogP contribution in [0, 0.1) is 11.3 Å². The molecule has 3 aromatic rings. The Kier molecular flexibility index (Phi) is 3.86. The highest BCUT2D eigenvalue weighted by Gasteiger charge is 2.22. The first-order valence-corrected chi connectivity index (χ1v) is 8.36. The average molecular weight is 333 g/mol. The second kappa shape index (κ2) is 6.32. The highest BCUT2D eigenvalue weighted by Crippen LogP contribution is 2.22. The SMILES string of the molecule is N#Cc1ccc(NC2CCCN(c3nc4ccccc4[nH]3)C2)nc1N. The Hall–Kier alpha value is -3.27. The van der Waals surface area contributed by atoms with Crippen LogP contribution >= 0.6 is 0 Å². The molecule has 1 aromatic carbocycles. The zero-order chi connectivity index (χ0) is 17.2. The van der Waals surface area contributed by atoms with Crippen molar-refractivity contribution in [2.75, 3.05) is 29.0 Å². The monoisotopic (exact) mass is 333 g/mol. The van der Waals surface area contributed by atoms with Crippen LogP contribution in [-0.4, -0.2) is 34.1 Å². The molecule has 2 aromatic heterocycles. The molecule has 1 aliphatic rings. The van der Waals surface area contributed by atoms with Crippen LogP contribution in [0.4, 0.5) is 17.6 Å². The van der Waals surface area contributed by atoms with E-state index in [0.29, 0.717) is 11.4 Å². The lowest BCUT2D eigenvalue weighted by Gasteiger charge is -2.33. The molecule has 1 fully saturated rings. The molecule has 1 aliphatic heterocycles. The number of aromatic nitrogens is 3. The van der Waals surface area contributed by atoms with E-state index in [-0.39, 0.29) is 11.9 Å². The minimum Gasteiger partial charge on any atom is -0.383 e. The van der Waals surface area contributed by atoms with Crippen molar-refractivity contribution >= 4 is 28.6 Å². The maximum Gasteiger partial charge on any atom is 0.203 e. The fourth-order valence-electron chi connectivity index (χ4n) is 3.24. The van der Waals surface area contributed by atoms with Gasteiger partial charge in [-0.05, 0) is 37.1 Å². The molecule has 0 radical (unpaired) electrons. The molecule has 4 N–H and O–H groups in total. The number of nitrogens with one attached hydrogen (secondary N) is 2. The molecule has 0 spiro atoms. The van der Waals surface area contributed by atoms with Gasteiger partial charge in [0.15, 0.2) is 0 Å². The van der Waals surface area contributed by atoms with Crippen molar-refractivity contribution in [3.8, 4) is 6.07 Å². The van der Waals surface area contributed by atoms with E-state index in [1.165, 1.54) is 0 Å². The van der Waals surface area contributed by atoms with Crippen molar-refractivity contribution in [2.45, 2.75) is 18.9 Å². The van der Waals surface area contributed by atoms with Gasteiger partial charge in [-0.2, -0.15) is 5.26 Å². The summed E-state index contributed by atoms with van der Waals surface area (Å²) >= 11 is 0. The van der Waals surface area contributed by atoms with Gasteiger partial charge in [0.1, 0.15) is 17.7 Å². The largest absolute Gasteiger partial charge is 0.383 e. The summed E-state index contributed by atoms with van der Waals surface area (Å²) in [5, 5.41) is 12.4. The van der Waals surface area contributed by atoms with E-state index in [2.05, 4.69) is 25.2 Å². The lowest BCUT2D eigenvalue weighted by Crippen LogP contribution is -2.42. The van der Waals surface area contributed by atoms with E-state index < -0.39 is 0 Å². The van der Waals surface area contributed by atoms with Crippen LogP contribution in [0.1, 0.15) is 18.4 Å². The van der Waals surface area contributed by atoms with Crippen LogP contribution in [0.25, 0.3) is 11.0 Å². The zero-order valence-corrected chi connectivity index (χ0v) is 13.7. The topological polar surface area (TPSA) is 107 Å². The molecule has 25 heavy (non-hydrogen) atoms. The van der Waals surface area contributed by atoms with Crippen LogP contribution in [0.2, 0.25) is 0 Å². The lowest BCUT2D eigenvalue weighted by molar-refractivity contribution is 0.523. The van der Waals surface area contributed by atoms with Gasteiger partial charge in [0.2, 0.25) is 5.95 Å². The van der Waals surface area contributed by atoms with Crippen LogP contribution in [0.15, 0.2) is 36.4 Å². The Balaban J connectivity index is 1.49. The van der Waals surface area contributed by atoms with Gasteiger partial charge < -0.3 is 20.9 Å². The summed E-state index contributed by atoms with van der Waals surface area (Å²) in [6.07, 6.45) is 2.12. The number of para-hydroxylation sites is 2. The number of anilines is 3. The number of rotatable bonds is 3. The molecule has 4 rings (SSSR count). The molecule has 1 unspecified atom stereocenters. The summed E-state index contributed by atoms with van der Waals surface area (Å²) in [6.45, 7) is 1.81. The first-order chi connectivity index (χ1) is 12.2. The molecule has 0 amide bonds. The van der Waals surface area contributed by atoms with E-state index in [1.54, 1.807) is 12.1 Å². The number of nitrogen functional groups attached to an aromatic ring is 1. The first kappa shape index (κ1) is 15.3. The summed E-state index contributed by atoms with van der Waals surface area (Å²) in [7, 11) is 0. The number of hydrogen-bond donors (Lipinski definition) is 3. The predicted octanol–water partition coefficient (Wildman–Crippen LogP) is 2.49. The van der Waals surface area contributed by atoms with Gasteiger partial charge in [-0.1, -0.05) is 12.1 Å². The summed E-state index contributed by atoms with van der Waals surface area (Å²) in [4.78, 5) is 14.6. The Morgan fingerprint density at radius 1 is 1.24 bits per heavy atom. The van der Waals surface area contributed by atoms with Gasteiger partial charge in [0.05, 0.1) is 16.6 Å². The molecule has 0 saturated carbocycles. The summed E-state index contributed by atoms with van der Waals surface area (Å²) in [5.74, 6) is 1.87. The van der Waals surface area contributed by atoms with Crippen LogP contribution in [-0.2, 0) is 0 Å². The minimum atomic E-state index is 0.252. The summed E-state index contributed by atoms with van der Waals surface area (Å²) < 4.78 is 0. The molecule has 7 nitrogen and oxygen atoms in total. The van der Waals surface area contributed by atoms with Gasteiger partial charge in [-0.25, -0.2) is 9.97 Å². The third-order valence-electron chi connectivity index (χ3n) is 4.49. The third-order valence-corrected chi connectivity index (χ3v) is 4.49. The van der Waals surface area contributed by atoms with E-state index in [0.717, 1.165) is 42.9 Å². The molecule has 1 saturated heterocycles. The van der Waals surface area contributed by atoms with Gasteiger partial charge in [-0.15, -0.1) is 0 Å². The number of nitriles is 1. The van der Waals surface area contributed by atoms with E-state index in [1.807, 2.05) is 30.3 Å². The molecule has 126 valence electrons. The average Bonchev–Trinajstić information content (AvgIpc) is 3.06. The molecule has 1 atom stereocenters. The van der Waals surface area contributed by atoms with Crippen molar-refractivity contribution in [3.05, 3.63) is 42.0 Å². The maximum absolute atomic E-state index is 8.94. The zero-order valence-electron chi connectivity index (χ0n) is 13.7. The number of nitrogens with zero attached hydrogens (tertiary/aromatic N) is 4. The smallest absolute Gasteiger partial charge is 0.203 e. The number of pyridine rings is 1. The van der Waals surface area contributed by atoms with Gasteiger partial charge >= 0.3 is 0 Å². The van der Waals surface area contributed by atoms with E-state index in [9.17, 15) is 0 Å². The maximum atomic E-state index is 8.94. The normalized spacial score (nSPS) is 17.4. The Bertz CT molecular complexity index is 907. The highest BCUT2D eigenvalue weighted by atomic mass is 15.3. The van der Waals surface area contributed by atoms with Crippen LogP contribution in [0.3, 0.4) is 0 Å². The molecule has 7 heteroatoms. The van der Waals surface area contributed by atoms with Gasteiger partial charge in [0, 0.05) is 19.1 Å². The fraction of sp³-hybridized carbons (Fsp3) is 0.278. The minimum absolute atomic E-state index is 0.252. The Morgan fingerprint density at radius 3 is 2.92 bits per heavy atom. The molecule has 3 heterocycles. The number of imidazole rings is 1. The van der Waals surface area contributed by atoms with Crippen molar-refractivity contribution in [1.29, 1.82) is 5.26 Å². The van der Waals surface area contributed by atoms with Crippen molar-refractivity contribution in [3.63, 3.8) is 0 Å². The second-order valence-corrected chi connectivity index (χ2v) is 6.25. The highest BCUT2D eigenvalue weighted by molar-refractivity contribution is 5.77. The summed E-state index contributed by atoms with van der Waals surface area (Å²) in [5.41, 5.74) is 8.23. The third kappa shape index (κ3) is 3.06. The fourth-order valence-corrected chi connectivity index (χ4v) is 3.24. The predicted molar refractivity (Wildman–Crippen MR) is 98.3 cm³/mol. The number of aromatic amines is 1. The second-order valence-electron chi connectivity index (χ2n) is 6.25. The van der Waals surface area contributed by atoms with Crippen LogP contribution in [0.5, 0.6) is 0 Å². The number of hydrogen-bond acceptors (Lipinski definition) is 6. The standard InChI is InChI=1S/C18H19N7/c19-10-12-7-8-16(24-17(12)20)21-13-4-3-9-25(11-13)18-22-14-5-1-2-6-15(14)23-18/h1-2,5-8,13H,3-4,9,11H2,(H,22,23)(H3,20,21,24). The van der Waals surface area contributed by atoms with E-state index in [4.69, 9.17) is 11.0 Å². The van der Waals surface area contributed by atoms with Crippen molar-refractivity contribution in [1.82, 2.24) is 15.0 Å². The number of benzene rings is 1. The first-order valence-electron chi connectivity index (χ1n) is 8.36. The Morgan fingerprint density at radius 2 is 2.12 bits per heavy atom.